The molecule has 32 heavy (non-hydrogen) atoms. The van der Waals surface area contributed by atoms with Gasteiger partial charge >= 0.3 is 0 Å². The molecule has 0 bridgehead atoms. The number of carbonyl (C=O) groups excluding carboxylic acids is 2. The van der Waals surface area contributed by atoms with Gasteiger partial charge in [0.25, 0.3) is 5.91 Å². The van der Waals surface area contributed by atoms with Crippen LogP contribution in [0, 0.1) is 5.92 Å². The number of piperidine rings is 1. The summed E-state index contributed by atoms with van der Waals surface area (Å²) in [6.45, 7) is 5.79. The van der Waals surface area contributed by atoms with Crippen molar-refractivity contribution in [2.24, 2.45) is 5.92 Å². The first-order chi connectivity index (χ1) is 15.5. The molecule has 0 atom stereocenters. The van der Waals surface area contributed by atoms with Gasteiger partial charge in [-0.2, -0.15) is 0 Å². The van der Waals surface area contributed by atoms with Gasteiger partial charge in [-0.1, -0.05) is 19.1 Å². The molecule has 2 aromatic carbocycles. The third-order valence-electron chi connectivity index (χ3n) is 5.66. The Hall–Kier alpha value is -3.74. The van der Waals surface area contributed by atoms with Crippen molar-refractivity contribution in [2.45, 2.75) is 26.7 Å². The zero-order chi connectivity index (χ0) is 22.5. The van der Waals surface area contributed by atoms with Crippen molar-refractivity contribution in [2.75, 3.05) is 28.6 Å². The van der Waals surface area contributed by atoms with Gasteiger partial charge in [0.15, 0.2) is 5.82 Å². The normalized spacial score (nSPS) is 14.1. The van der Waals surface area contributed by atoms with E-state index in [0.29, 0.717) is 16.9 Å². The number of carbonyl (C=O) groups is 2. The number of anilines is 3. The lowest BCUT2D eigenvalue weighted by Crippen LogP contribution is -2.33. The van der Waals surface area contributed by atoms with Crippen molar-refractivity contribution in [1.29, 1.82) is 0 Å². The molecule has 2 N–H and O–H groups in total. The van der Waals surface area contributed by atoms with Crippen molar-refractivity contribution in [1.82, 2.24) is 10.2 Å². The maximum atomic E-state index is 12.5. The molecule has 1 fully saturated rings. The summed E-state index contributed by atoms with van der Waals surface area (Å²) in [6.07, 6.45) is 2.38. The van der Waals surface area contributed by atoms with E-state index in [1.165, 1.54) is 19.8 Å². The van der Waals surface area contributed by atoms with Crippen LogP contribution in [0.5, 0.6) is 0 Å². The summed E-state index contributed by atoms with van der Waals surface area (Å²) in [5.41, 5.74) is 3.59. The van der Waals surface area contributed by atoms with E-state index in [-0.39, 0.29) is 11.8 Å². The molecule has 4 rings (SSSR count). The number of amides is 2. The fourth-order valence-electron chi connectivity index (χ4n) is 3.72. The number of nitrogens with one attached hydrogen (secondary N) is 2. The van der Waals surface area contributed by atoms with Crippen molar-refractivity contribution in [3.8, 4) is 11.3 Å². The van der Waals surface area contributed by atoms with Gasteiger partial charge in [0.05, 0.1) is 5.69 Å². The van der Waals surface area contributed by atoms with Crippen LogP contribution in [0.3, 0.4) is 0 Å². The SMILES string of the molecule is CC(=O)Nc1ccc(C(=O)Nc2ccc(-c3ccc(N4CCC(C)CC4)nn3)cc2)cc1. The Morgan fingerprint density at radius 2 is 1.47 bits per heavy atom. The average molecular weight is 430 g/mol. The van der Waals surface area contributed by atoms with Crippen LogP contribution in [0.15, 0.2) is 60.7 Å². The second kappa shape index (κ2) is 9.60. The lowest BCUT2D eigenvalue weighted by atomic mass is 9.99. The minimum atomic E-state index is -0.216. The molecule has 7 nitrogen and oxygen atoms in total. The maximum absolute atomic E-state index is 12.5. The summed E-state index contributed by atoms with van der Waals surface area (Å²) in [6, 6.07) is 18.3. The minimum absolute atomic E-state index is 0.150. The van der Waals surface area contributed by atoms with Crippen molar-refractivity contribution < 1.29 is 9.59 Å². The molecule has 164 valence electrons. The summed E-state index contributed by atoms with van der Waals surface area (Å²) >= 11 is 0. The molecule has 2 heterocycles. The third-order valence-corrected chi connectivity index (χ3v) is 5.66. The molecule has 0 saturated carbocycles. The Morgan fingerprint density at radius 3 is 2.06 bits per heavy atom. The zero-order valence-corrected chi connectivity index (χ0v) is 18.3. The molecule has 3 aromatic rings. The highest BCUT2D eigenvalue weighted by Crippen LogP contribution is 2.24. The van der Waals surface area contributed by atoms with Crippen LogP contribution in [0.2, 0.25) is 0 Å². The molecule has 1 saturated heterocycles. The lowest BCUT2D eigenvalue weighted by Gasteiger charge is -2.30. The molecule has 7 heteroatoms. The van der Waals surface area contributed by atoms with Crippen LogP contribution in [0.25, 0.3) is 11.3 Å². The fourth-order valence-corrected chi connectivity index (χ4v) is 3.72. The molecule has 0 unspecified atom stereocenters. The number of aromatic nitrogens is 2. The van der Waals surface area contributed by atoms with Gasteiger partial charge in [0.2, 0.25) is 5.91 Å². The first kappa shape index (κ1) is 21.5. The van der Waals surface area contributed by atoms with Crippen LogP contribution in [-0.2, 0) is 4.79 Å². The molecule has 0 aliphatic carbocycles. The predicted octanol–water partition coefficient (Wildman–Crippen LogP) is 4.59. The number of hydrogen-bond acceptors (Lipinski definition) is 5. The van der Waals surface area contributed by atoms with Crippen LogP contribution < -0.4 is 15.5 Å². The Morgan fingerprint density at radius 1 is 0.844 bits per heavy atom. The van der Waals surface area contributed by atoms with Gasteiger partial charge < -0.3 is 15.5 Å². The zero-order valence-electron chi connectivity index (χ0n) is 18.3. The molecule has 1 aromatic heterocycles. The van der Waals surface area contributed by atoms with Gasteiger partial charge in [0.1, 0.15) is 0 Å². The smallest absolute Gasteiger partial charge is 0.255 e. The second-order valence-electron chi connectivity index (χ2n) is 8.24. The lowest BCUT2D eigenvalue weighted by molar-refractivity contribution is -0.114. The van der Waals surface area contributed by atoms with Crippen LogP contribution in [0.1, 0.15) is 37.0 Å². The highest BCUT2D eigenvalue weighted by atomic mass is 16.2. The van der Waals surface area contributed by atoms with E-state index in [1.54, 1.807) is 24.3 Å². The Labute approximate surface area is 187 Å². The van der Waals surface area contributed by atoms with E-state index in [0.717, 1.165) is 36.1 Å². The van der Waals surface area contributed by atoms with Crippen LogP contribution in [-0.4, -0.2) is 35.1 Å². The first-order valence-corrected chi connectivity index (χ1v) is 10.9. The highest BCUT2D eigenvalue weighted by molar-refractivity contribution is 6.04. The van der Waals surface area contributed by atoms with E-state index < -0.39 is 0 Å². The average Bonchev–Trinajstić information content (AvgIpc) is 2.80. The second-order valence-corrected chi connectivity index (χ2v) is 8.24. The van der Waals surface area contributed by atoms with Crippen LogP contribution in [0.4, 0.5) is 17.2 Å². The molecule has 1 aliphatic heterocycles. The van der Waals surface area contributed by atoms with Crippen LogP contribution >= 0.6 is 0 Å². The number of hydrogen-bond donors (Lipinski definition) is 2. The van der Waals surface area contributed by atoms with Gasteiger partial charge in [-0.3, -0.25) is 9.59 Å². The third kappa shape index (κ3) is 5.29. The Bertz CT molecular complexity index is 1070. The van der Waals surface area contributed by atoms with Crippen molar-refractivity contribution in [3.63, 3.8) is 0 Å². The van der Waals surface area contributed by atoms with E-state index in [2.05, 4.69) is 32.7 Å². The Kier molecular flexibility index (Phi) is 6.44. The van der Waals surface area contributed by atoms with Gasteiger partial charge in [-0.15, -0.1) is 10.2 Å². The first-order valence-electron chi connectivity index (χ1n) is 10.9. The summed E-state index contributed by atoms with van der Waals surface area (Å²) < 4.78 is 0. The number of nitrogens with zero attached hydrogens (tertiary/aromatic N) is 3. The summed E-state index contributed by atoms with van der Waals surface area (Å²) in [7, 11) is 0. The molecule has 1 aliphatic rings. The van der Waals surface area contributed by atoms with Gasteiger partial charge in [-0.05, 0) is 67.3 Å². The number of rotatable bonds is 5. The quantitative estimate of drug-likeness (QED) is 0.619. The minimum Gasteiger partial charge on any atom is -0.355 e. The molecular weight excluding hydrogens is 402 g/mol. The monoisotopic (exact) mass is 429 g/mol. The maximum Gasteiger partial charge on any atom is 0.255 e. The molecule has 0 spiro atoms. The van der Waals surface area contributed by atoms with E-state index >= 15 is 0 Å². The molecule has 0 radical (unpaired) electrons. The highest BCUT2D eigenvalue weighted by Gasteiger charge is 2.17. The number of benzene rings is 2. The van der Waals surface area contributed by atoms with Crippen molar-refractivity contribution >= 4 is 29.0 Å². The predicted molar refractivity (Wildman–Crippen MR) is 127 cm³/mol. The Balaban J connectivity index is 1.37. The summed E-state index contributed by atoms with van der Waals surface area (Å²) in [5, 5.41) is 14.4. The fraction of sp³-hybridized carbons (Fsp3) is 0.280. The molecule has 2 amide bonds. The van der Waals surface area contributed by atoms with E-state index in [1.807, 2.05) is 36.4 Å². The summed E-state index contributed by atoms with van der Waals surface area (Å²) in [4.78, 5) is 25.9. The summed E-state index contributed by atoms with van der Waals surface area (Å²) in [5.74, 6) is 1.34. The topological polar surface area (TPSA) is 87.2 Å². The van der Waals surface area contributed by atoms with Gasteiger partial charge in [-0.25, -0.2) is 0 Å². The van der Waals surface area contributed by atoms with Crippen molar-refractivity contribution in [3.05, 3.63) is 66.2 Å². The largest absolute Gasteiger partial charge is 0.355 e. The standard InChI is InChI=1S/C25H27N5O2/c1-17-13-15-30(16-14-17)24-12-11-23(28-29-24)19-3-7-22(8-4-19)27-25(32)20-5-9-21(10-6-20)26-18(2)31/h3-12,17H,13-16H2,1-2H3,(H,26,31)(H,27,32). The molecular formula is C25H27N5O2. The van der Waals surface area contributed by atoms with Gasteiger partial charge in [0, 0.05) is 42.5 Å². The van der Waals surface area contributed by atoms with E-state index in [4.69, 9.17) is 0 Å². The van der Waals surface area contributed by atoms with E-state index in [9.17, 15) is 9.59 Å².